The van der Waals surface area contributed by atoms with Crippen LogP contribution in [0, 0.1) is 6.92 Å². The lowest BCUT2D eigenvalue weighted by atomic mass is 10.0. The number of rotatable bonds is 5. The monoisotopic (exact) mass is 405 g/mol. The van der Waals surface area contributed by atoms with Crippen molar-refractivity contribution in [2.24, 2.45) is 0 Å². The molecule has 1 aliphatic heterocycles. The minimum Gasteiger partial charge on any atom is -0.461 e. The average Bonchev–Trinajstić information content (AvgIpc) is 3.12. The van der Waals surface area contributed by atoms with Crippen molar-refractivity contribution in [3.8, 4) is 0 Å². The first-order chi connectivity index (χ1) is 14.6. The second-order valence-electron chi connectivity index (χ2n) is 7.15. The Morgan fingerprint density at radius 2 is 1.97 bits per heavy atom. The molecule has 3 aromatic rings. The third-order valence-corrected chi connectivity index (χ3v) is 5.08. The van der Waals surface area contributed by atoms with Gasteiger partial charge in [-0.3, -0.25) is 14.5 Å². The largest absolute Gasteiger partial charge is 0.461 e. The quantitative estimate of drug-likeness (QED) is 0.606. The number of amides is 1. The van der Waals surface area contributed by atoms with Crippen LogP contribution in [0.25, 0.3) is 0 Å². The summed E-state index contributed by atoms with van der Waals surface area (Å²) in [6.45, 7) is 5.24. The Bertz CT molecular complexity index is 1080. The molecule has 0 atom stereocenters. The van der Waals surface area contributed by atoms with Gasteiger partial charge in [0.25, 0.3) is 5.91 Å². The molecule has 3 aromatic heterocycles. The molecule has 8 nitrogen and oxygen atoms in total. The molecule has 30 heavy (non-hydrogen) atoms. The van der Waals surface area contributed by atoms with Crippen molar-refractivity contribution in [1.29, 1.82) is 0 Å². The highest BCUT2D eigenvalue weighted by Gasteiger charge is 2.31. The number of hydrogen-bond donors (Lipinski definition) is 0. The summed E-state index contributed by atoms with van der Waals surface area (Å²) in [5.74, 6) is -0.619. The van der Waals surface area contributed by atoms with Crippen LogP contribution in [0.5, 0.6) is 0 Å². The van der Waals surface area contributed by atoms with Crippen LogP contribution in [0.15, 0.2) is 42.7 Å². The maximum Gasteiger partial charge on any atom is 0.359 e. The van der Waals surface area contributed by atoms with Gasteiger partial charge < -0.3 is 9.64 Å². The molecule has 0 saturated heterocycles. The molecule has 1 amide bonds. The normalized spacial score (nSPS) is 13.1. The number of pyridine rings is 2. The number of fused-ring (bicyclic) bond motifs is 1. The van der Waals surface area contributed by atoms with Crippen molar-refractivity contribution in [1.82, 2.24) is 24.6 Å². The van der Waals surface area contributed by atoms with Crippen LogP contribution in [0.4, 0.5) is 0 Å². The number of carbonyl (C=O) groups excluding carboxylic acids is 2. The maximum atomic E-state index is 13.0. The van der Waals surface area contributed by atoms with E-state index in [9.17, 15) is 9.59 Å². The summed E-state index contributed by atoms with van der Waals surface area (Å²) in [6, 6.07) is 9.22. The van der Waals surface area contributed by atoms with Crippen molar-refractivity contribution >= 4 is 11.9 Å². The first-order valence-corrected chi connectivity index (χ1v) is 9.94. The Balaban J connectivity index is 1.66. The van der Waals surface area contributed by atoms with E-state index in [1.165, 1.54) is 0 Å². The van der Waals surface area contributed by atoms with Crippen LogP contribution >= 0.6 is 0 Å². The number of aryl methyl sites for hydroxylation is 1. The molecule has 0 aromatic carbocycles. The van der Waals surface area contributed by atoms with Crippen LogP contribution in [0.2, 0.25) is 0 Å². The van der Waals surface area contributed by atoms with Gasteiger partial charge in [-0.15, -0.1) is 0 Å². The van der Waals surface area contributed by atoms with Crippen LogP contribution in [0.3, 0.4) is 0 Å². The summed E-state index contributed by atoms with van der Waals surface area (Å²) >= 11 is 0. The van der Waals surface area contributed by atoms with Gasteiger partial charge in [0.1, 0.15) is 5.69 Å². The lowest BCUT2D eigenvalue weighted by Crippen LogP contribution is -2.37. The van der Waals surface area contributed by atoms with E-state index in [2.05, 4.69) is 15.1 Å². The molecule has 0 aliphatic carbocycles. The first kappa shape index (κ1) is 19.8. The third-order valence-electron chi connectivity index (χ3n) is 5.08. The molecule has 4 rings (SSSR count). The molecule has 0 bridgehead atoms. The minimum absolute atomic E-state index is 0.152. The number of esters is 1. The number of carbonyl (C=O) groups is 2. The van der Waals surface area contributed by atoms with Gasteiger partial charge in [0.05, 0.1) is 19.7 Å². The van der Waals surface area contributed by atoms with Crippen LogP contribution in [-0.2, 0) is 24.2 Å². The average molecular weight is 405 g/mol. The van der Waals surface area contributed by atoms with Gasteiger partial charge in [-0.1, -0.05) is 6.07 Å². The zero-order chi connectivity index (χ0) is 21.1. The molecule has 0 fully saturated rings. The number of nitrogens with zero attached hydrogens (tertiary/aromatic N) is 5. The Hall–Kier alpha value is -3.55. The molecule has 0 saturated carbocycles. The van der Waals surface area contributed by atoms with Gasteiger partial charge in [-0.2, -0.15) is 5.10 Å². The predicted octanol–water partition coefficient (Wildman–Crippen LogP) is 2.41. The number of aromatic nitrogens is 4. The van der Waals surface area contributed by atoms with Crippen molar-refractivity contribution in [3.63, 3.8) is 0 Å². The van der Waals surface area contributed by atoms with E-state index < -0.39 is 5.97 Å². The highest BCUT2D eigenvalue weighted by molar-refractivity contribution is 5.93. The topological polar surface area (TPSA) is 90.2 Å². The van der Waals surface area contributed by atoms with Gasteiger partial charge in [0, 0.05) is 42.3 Å². The highest BCUT2D eigenvalue weighted by atomic mass is 16.5. The van der Waals surface area contributed by atoms with Gasteiger partial charge in [-0.05, 0) is 43.7 Å². The fourth-order valence-corrected chi connectivity index (χ4v) is 3.64. The molecular formula is C22H23N5O3. The summed E-state index contributed by atoms with van der Waals surface area (Å²) in [5.41, 5.74) is 4.20. The molecule has 154 valence electrons. The van der Waals surface area contributed by atoms with Crippen LogP contribution < -0.4 is 0 Å². The van der Waals surface area contributed by atoms with Crippen molar-refractivity contribution < 1.29 is 14.3 Å². The SMILES string of the molecule is CCOC(=O)c1nn(Cc2ccncc2)c2c1CN(C(=O)c1cccc(C)n1)CC2. The molecule has 0 radical (unpaired) electrons. The molecule has 0 unspecified atom stereocenters. The Kier molecular flexibility index (Phi) is 5.56. The maximum absolute atomic E-state index is 13.0. The van der Waals surface area contributed by atoms with E-state index in [1.807, 2.05) is 35.9 Å². The first-order valence-electron chi connectivity index (χ1n) is 9.94. The second kappa shape index (κ2) is 8.44. The van der Waals surface area contributed by atoms with Gasteiger partial charge >= 0.3 is 5.97 Å². The fourth-order valence-electron chi connectivity index (χ4n) is 3.64. The van der Waals surface area contributed by atoms with Gasteiger partial charge in [0.2, 0.25) is 0 Å². The molecule has 0 spiro atoms. The van der Waals surface area contributed by atoms with Gasteiger partial charge in [0.15, 0.2) is 5.69 Å². The third kappa shape index (κ3) is 3.94. The zero-order valence-corrected chi connectivity index (χ0v) is 17.0. The zero-order valence-electron chi connectivity index (χ0n) is 17.0. The molecule has 4 heterocycles. The highest BCUT2D eigenvalue weighted by Crippen LogP contribution is 2.25. The summed E-state index contributed by atoms with van der Waals surface area (Å²) < 4.78 is 7.05. The number of hydrogen-bond acceptors (Lipinski definition) is 6. The van der Waals surface area contributed by atoms with E-state index in [0.717, 1.165) is 22.5 Å². The van der Waals surface area contributed by atoms with Crippen molar-refractivity contribution in [2.75, 3.05) is 13.2 Å². The molecule has 8 heteroatoms. The lowest BCUT2D eigenvalue weighted by Gasteiger charge is -2.27. The number of ether oxygens (including phenoxy) is 1. The summed E-state index contributed by atoms with van der Waals surface area (Å²) in [5, 5.41) is 4.55. The Morgan fingerprint density at radius 3 is 2.70 bits per heavy atom. The predicted molar refractivity (Wildman–Crippen MR) is 109 cm³/mol. The van der Waals surface area contributed by atoms with Crippen LogP contribution in [-0.4, -0.2) is 49.7 Å². The summed E-state index contributed by atoms with van der Waals surface area (Å²) in [7, 11) is 0. The van der Waals surface area contributed by atoms with E-state index in [0.29, 0.717) is 31.7 Å². The Labute approximate surface area is 174 Å². The lowest BCUT2D eigenvalue weighted by molar-refractivity contribution is 0.0513. The Morgan fingerprint density at radius 1 is 1.17 bits per heavy atom. The van der Waals surface area contributed by atoms with Crippen LogP contribution in [0.1, 0.15) is 50.4 Å². The summed E-state index contributed by atoms with van der Waals surface area (Å²) in [6.07, 6.45) is 4.06. The molecule has 1 aliphatic rings. The van der Waals surface area contributed by atoms with E-state index >= 15 is 0 Å². The van der Waals surface area contributed by atoms with E-state index in [1.54, 1.807) is 30.3 Å². The van der Waals surface area contributed by atoms with E-state index in [-0.39, 0.29) is 18.2 Å². The smallest absolute Gasteiger partial charge is 0.359 e. The summed E-state index contributed by atoms with van der Waals surface area (Å²) in [4.78, 5) is 35.6. The van der Waals surface area contributed by atoms with E-state index in [4.69, 9.17) is 4.74 Å². The van der Waals surface area contributed by atoms with Crippen molar-refractivity contribution in [2.45, 2.75) is 33.4 Å². The van der Waals surface area contributed by atoms with Crippen molar-refractivity contribution in [3.05, 3.63) is 76.6 Å². The standard InChI is InChI=1S/C22H23N5O3/c1-3-30-22(29)20-17-14-26(21(28)18-6-4-5-15(2)24-18)12-9-19(17)27(25-20)13-16-7-10-23-11-8-16/h4-8,10-11H,3,9,12-14H2,1-2H3. The fraction of sp³-hybridized carbons (Fsp3) is 0.318. The molecule has 0 N–H and O–H groups in total. The minimum atomic E-state index is -0.467. The van der Waals surface area contributed by atoms with Gasteiger partial charge in [-0.25, -0.2) is 9.78 Å². The molecular weight excluding hydrogens is 382 g/mol. The second-order valence-corrected chi connectivity index (χ2v) is 7.15.